The van der Waals surface area contributed by atoms with Crippen LogP contribution in [-0.2, 0) is 9.84 Å². The molecule has 1 aliphatic rings. The van der Waals surface area contributed by atoms with Crippen molar-refractivity contribution < 1.29 is 8.42 Å². The van der Waals surface area contributed by atoms with Crippen LogP contribution in [0.4, 0.5) is 0 Å². The Morgan fingerprint density at radius 1 is 1.55 bits per heavy atom. The third-order valence-corrected chi connectivity index (χ3v) is 3.88. The number of nitrogens with zero attached hydrogens (tertiary/aromatic N) is 1. The minimum Gasteiger partial charge on any atom is -0.302 e. The average molecular weight is 177 g/mol. The molecule has 4 heteroatoms. The molecule has 0 aliphatic carbocycles. The van der Waals surface area contributed by atoms with Gasteiger partial charge in [-0.25, -0.2) is 8.42 Å². The first-order chi connectivity index (χ1) is 5.04. The molecule has 1 heterocycles. The number of likely N-dealkylation sites (tertiary alicyclic amines) is 1. The zero-order valence-corrected chi connectivity index (χ0v) is 7.89. The lowest BCUT2D eigenvalue weighted by Gasteiger charge is -2.11. The van der Waals surface area contributed by atoms with Crippen LogP contribution in [-0.4, -0.2) is 44.5 Å². The highest BCUT2D eigenvalue weighted by Crippen LogP contribution is 2.14. The molecule has 0 bridgehead atoms. The van der Waals surface area contributed by atoms with Crippen LogP contribution in [0.25, 0.3) is 0 Å². The highest BCUT2D eigenvalue weighted by atomic mass is 32.2. The van der Waals surface area contributed by atoms with E-state index in [1.165, 1.54) is 6.26 Å². The lowest BCUT2D eigenvalue weighted by molar-refractivity contribution is 0.359. The summed E-state index contributed by atoms with van der Waals surface area (Å²) in [6.45, 7) is 4.69. The molecule has 3 nitrogen and oxygen atoms in total. The van der Waals surface area contributed by atoms with Gasteiger partial charge in [0.05, 0.1) is 5.25 Å². The van der Waals surface area contributed by atoms with Crippen molar-refractivity contribution in [2.24, 2.45) is 0 Å². The van der Waals surface area contributed by atoms with Crippen molar-refractivity contribution in [3.05, 3.63) is 0 Å². The predicted molar refractivity (Wildman–Crippen MR) is 45.4 cm³/mol. The topological polar surface area (TPSA) is 37.4 Å². The van der Waals surface area contributed by atoms with Crippen LogP contribution < -0.4 is 0 Å². The molecule has 0 aromatic rings. The van der Waals surface area contributed by atoms with Gasteiger partial charge >= 0.3 is 0 Å². The molecule has 0 saturated carbocycles. The van der Waals surface area contributed by atoms with E-state index in [0.29, 0.717) is 0 Å². The van der Waals surface area contributed by atoms with Crippen LogP contribution >= 0.6 is 0 Å². The first-order valence-corrected chi connectivity index (χ1v) is 5.90. The van der Waals surface area contributed by atoms with E-state index in [2.05, 4.69) is 11.8 Å². The van der Waals surface area contributed by atoms with E-state index >= 15 is 0 Å². The Morgan fingerprint density at radius 3 is 2.45 bits per heavy atom. The molecule has 0 spiro atoms. The Balaban J connectivity index is 2.55. The predicted octanol–water partition coefficient (Wildman–Crippen LogP) is 0.125. The fourth-order valence-electron chi connectivity index (χ4n) is 1.43. The fraction of sp³-hybridized carbons (Fsp3) is 1.00. The van der Waals surface area contributed by atoms with Gasteiger partial charge in [-0.05, 0) is 19.5 Å². The van der Waals surface area contributed by atoms with Gasteiger partial charge in [0.25, 0.3) is 0 Å². The fourth-order valence-corrected chi connectivity index (χ4v) is 2.45. The molecule has 1 saturated heterocycles. The number of hydrogen-bond acceptors (Lipinski definition) is 3. The average Bonchev–Trinajstić information content (AvgIpc) is 2.32. The molecule has 11 heavy (non-hydrogen) atoms. The molecule has 1 unspecified atom stereocenters. The second kappa shape index (κ2) is 3.11. The van der Waals surface area contributed by atoms with Gasteiger partial charge in [-0.3, -0.25) is 0 Å². The molecule has 1 rings (SSSR count). The number of hydrogen-bond donors (Lipinski definition) is 0. The Labute approximate surface area is 68.3 Å². The van der Waals surface area contributed by atoms with Crippen molar-refractivity contribution in [1.29, 1.82) is 0 Å². The molecular weight excluding hydrogens is 162 g/mol. The van der Waals surface area contributed by atoms with Crippen LogP contribution in [0, 0.1) is 0 Å². The van der Waals surface area contributed by atoms with Crippen LogP contribution in [0.15, 0.2) is 0 Å². The molecular formula is C7H15NO2S. The molecule has 0 N–H and O–H groups in total. The van der Waals surface area contributed by atoms with Crippen LogP contribution in [0.2, 0.25) is 0 Å². The second-order valence-electron chi connectivity index (χ2n) is 3.13. The molecule has 1 atom stereocenters. The smallest absolute Gasteiger partial charge is 0.151 e. The molecule has 66 valence electrons. The molecule has 0 radical (unpaired) electrons. The summed E-state index contributed by atoms with van der Waals surface area (Å²) in [7, 11) is -2.79. The van der Waals surface area contributed by atoms with Crippen molar-refractivity contribution in [3.8, 4) is 0 Å². The maximum Gasteiger partial charge on any atom is 0.151 e. The van der Waals surface area contributed by atoms with Gasteiger partial charge in [0.1, 0.15) is 0 Å². The first kappa shape index (κ1) is 9.00. The second-order valence-corrected chi connectivity index (χ2v) is 5.46. The van der Waals surface area contributed by atoms with E-state index in [-0.39, 0.29) is 5.25 Å². The number of rotatable bonds is 2. The molecule has 0 aromatic carbocycles. The summed E-state index contributed by atoms with van der Waals surface area (Å²) in [4.78, 5) is 2.17. The minimum atomic E-state index is -2.79. The zero-order chi connectivity index (χ0) is 8.48. The highest BCUT2D eigenvalue weighted by molar-refractivity contribution is 7.91. The summed E-state index contributed by atoms with van der Waals surface area (Å²) in [6, 6.07) is 0. The third kappa shape index (κ3) is 2.17. The molecule has 1 aliphatic heterocycles. The van der Waals surface area contributed by atoms with Gasteiger partial charge in [-0.2, -0.15) is 0 Å². The van der Waals surface area contributed by atoms with Gasteiger partial charge in [0.15, 0.2) is 9.84 Å². The monoisotopic (exact) mass is 177 g/mol. The lowest BCUT2D eigenvalue weighted by Crippen LogP contribution is -2.25. The van der Waals surface area contributed by atoms with Gasteiger partial charge in [0, 0.05) is 12.8 Å². The maximum atomic E-state index is 11.1. The summed E-state index contributed by atoms with van der Waals surface area (Å²) in [5, 5.41) is -0.109. The van der Waals surface area contributed by atoms with E-state index in [4.69, 9.17) is 0 Å². The summed E-state index contributed by atoms with van der Waals surface area (Å²) in [6.07, 6.45) is 2.14. The third-order valence-electron chi connectivity index (χ3n) is 2.28. The van der Waals surface area contributed by atoms with Gasteiger partial charge < -0.3 is 4.90 Å². The van der Waals surface area contributed by atoms with Crippen LogP contribution in [0.5, 0.6) is 0 Å². The Kier molecular flexibility index (Phi) is 2.54. The number of sulfone groups is 1. The Morgan fingerprint density at radius 2 is 2.18 bits per heavy atom. The van der Waals surface area contributed by atoms with Crippen LogP contribution in [0.1, 0.15) is 13.3 Å². The summed E-state index contributed by atoms with van der Waals surface area (Å²) >= 11 is 0. The highest BCUT2D eigenvalue weighted by Gasteiger charge is 2.28. The van der Waals surface area contributed by atoms with Crippen molar-refractivity contribution in [2.45, 2.75) is 18.6 Å². The SMILES string of the molecule is CCN1CCC(S(C)(=O)=O)C1. The summed E-state index contributed by atoms with van der Waals surface area (Å²) < 4.78 is 22.1. The lowest BCUT2D eigenvalue weighted by atomic mass is 10.4. The van der Waals surface area contributed by atoms with Crippen molar-refractivity contribution >= 4 is 9.84 Å². The van der Waals surface area contributed by atoms with Gasteiger partial charge in [-0.1, -0.05) is 6.92 Å². The van der Waals surface area contributed by atoms with Crippen LogP contribution in [0.3, 0.4) is 0 Å². The van der Waals surface area contributed by atoms with Gasteiger partial charge in [0.2, 0.25) is 0 Å². The first-order valence-electron chi connectivity index (χ1n) is 3.95. The van der Waals surface area contributed by atoms with E-state index in [9.17, 15) is 8.42 Å². The van der Waals surface area contributed by atoms with E-state index in [1.54, 1.807) is 0 Å². The normalized spacial score (nSPS) is 27.6. The standard InChI is InChI=1S/C7H15NO2S/c1-3-8-5-4-7(6-8)11(2,9)10/h7H,3-6H2,1-2H3. The van der Waals surface area contributed by atoms with Crippen molar-refractivity contribution in [1.82, 2.24) is 4.90 Å². The summed E-state index contributed by atoms with van der Waals surface area (Å²) in [5.41, 5.74) is 0. The molecule has 0 amide bonds. The van der Waals surface area contributed by atoms with Crippen molar-refractivity contribution in [2.75, 3.05) is 25.9 Å². The Hall–Kier alpha value is -0.0900. The Bertz CT molecular complexity index is 223. The van der Waals surface area contributed by atoms with E-state index < -0.39 is 9.84 Å². The maximum absolute atomic E-state index is 11.1. The summed E-state index contributed by atoms with van der Waals surface area (Å²) in [5.74, 6) is 0. The van der Waals surface area contributed by atoms with Crippen molar-refractivity contribution in [3.63, 3.8) is 0 Å². The largest absolute Gasteiger partial charge is 0.302 e. The minimum absolute atomic E-state index is 0.109. The molecule has 1 fully saturated rings. The molecule has 0 aromatic heterocycles. The quantitative estimate of drug-likeness (QED) is 0.601. The van der Waals surface area contributed by atoms with E-state index in [1.807, 2.05) is 0 Å². The van der Waals surface area contributed by atoms with E-state index in [0.717, 1.165) is 26.1 Å². The van der Waals surface area contributed by atoms with Gasteiger partial charge in [-0.15, -0.1) is 0 Å². The zero-order valence-electron chi connectivity index (χ0n) is 7.08.